The molecule has 0 aliphatic heterocycles. The molecule has 0 saturated heterocycles. The standard InChI is InChI=1S/C13H26N2O/c1-4-5-6-9-15(2)13(11-16-3)10-14-12-7-8-12/h4,12-14H,1,5-11H2,2-3H3. The third-order valence-corrected chi connectivity index (χ3v) is 3.12. The number of methoxy groups -OCH3 is 1. The molecule has 0 amide bonds. The molecule has 0 bridgehead atoms. The van der Waals surface area contributed by atoms with Gasteiger partial charge in [-0.25, -0.2) is 0 Å². The van der Waals surface area contributed by atoms with Gasteiger partial charge in [0.15, 0.2) is 0 Å². The van der Waals surface area contributed by atoms with Gasteiger partial charge in [0.25, 0.3) is 0 Å². The van der Waals surface area contributed by atoms with E-state index in [-0.39, 0.29) is 0 Å². The summed E-state index contributed by atoms with van der Waals surface area (Å²) in [6, 6.07) is 1.27. The summed E-state index contributed by atoms with van der Waals surface area (Å²) in [5, 5.41) is 3.57. The highest BCUT2D eigenvalue weighted by Crippen LogP contribution is 2.18. The minimum Gasteiger partial charge on any atom is -0.383 e. The van der Waals surface area contributed by atoms with E-state index in [0.717, 1.165) is 32.2 Å². The highest BCUT2D eigenvalue weighted by molar-refractivity contribution is 4.83. The van der Waals surface area contributed by atoms with Gasteiger partial charge in [0.1, 0.15) is 0 Å². The quantitative estimate of drug-likeness (QED) is 0.453. The lowest BCUT2D eigenvalue weighted by Crippen LogP contribution is -2.44. The van der Waals surface area contributed by atoms with Gasteiger partial charge in [0, 0.05) is 25.7 Å². The maximum Gasteiger partial charge on any atom is 0.0630 e. The highest BCUT2D eigenvalue weighted by atomic mass is 16.5. The first-order valence-corrected chi connectivity index (χ1v) is 6.31. The Hall–Kier alpha value is -0.380. The lowest BCUT2D eigenvalue weighted by molar-refractivity contribution is 0.104. The van der Waals surface area contributed by atoms with Crippen molar-refractivity contribution in [2.45, 2.75) is 37.8 Å². The van der Waals surface area contributed by atoms with Gasteiger partial charge in [-0.2, -0.15) is 0 Å². The van der Waals surface area contributed by atoms with Crippen LogP contribution in [-0.4, -0.2) is 50.8 Å². The molecule has 1 rings (SSSR count). The average Bonchev–Trinajstić information content (AvgIpc) is 3.08. The Morgan fingerprint density at radius 2 is 2.31 bits per heavy atom. The minimum absolute atomic E-state index is 0.496. The van der Waals surface area contributed by atoms with Crippen molar-refractivity contribution in [3.8, 4) is 0 Å². The van der Waals surface area contributed by atoms with E-state index in [9.17, 15) is 0 Å². The topological polar surface area (TPSA) is 24.5 Å². The summed E-state index contributed by atoms with van der Waals surface area (Å²) in [5.74, 6) is 0. The smallest absolute Gasteiger partial charge is 0.0630 e. The normalized spacial score (nSPS) is 17.7. The monoisotopic (exact) mass is 226 g/mol. The summed E-state index contributed by atoms with van der Waals surface area (Å²) in [7, 11) is 3.96. The summed E-state index contributed by atoms with van der Waals surface area (Å²) in [6.45, 7) is 6.72. The van der Waals surface area contributed by atoms with E-state index in [1.54, 1.807) is 7.11 Å². The van der Waals surface area contributed by atoms with Crippen molar-refractivity contribution in [2.75, 3.05) is 33.9 Å². The van der Waals surface area contributed by atoms with Crippen molar-refractivity contribution >= 4 is 0 Å². The Morgan fingerprint density at radius 1 is 1.56 bits per heavy atom. The van der Waals surface area contributed by atoms with E-state index in [0.29, 0.717) is 6.04 Å². The van der Waals surface area contributed by atoms with Crippen LogP contribution in [0, 0.1) is 0 Å². The molecule has 0 radical (unpaired) electrons. The second-order valence-electron chi connectivity index (χ2n) is 4.70. The number of hydrogen-bond donors (Lipinski definition) is 1. The Kier molecular flexibility index (Phi) is 6.69. The maximum absolute atomic E-state index is 5.28. The number of unbranched alkanes of at least 4 members (excludes halogenated alkanes) is 1. The lowest BCUT2D eigenvalue weighted by Gasteiger charge is -2.27. The number of nitrogens with zero attached hydrogens (tertiary/aromatic N) is 1. The Balaban J connectivity index is 2.19. The third kappa shape index (κ3) is 5.64. The summed E-state index contributed by atoms with van der Waals surface area (Å²) in [4.78, 5) is 2.39. The SMILES string of the molecule is C=CCCCN(C)C(CNC1CC1)COC. The molecule has 0 aromatic carbocycles. The molecule has 0 aromatic rings. The molecule has 94 valence electrons. The molecule has 1 N–H and O–H groups in total. The van der Waals surface area contributed by atoms with Crippen LogP contribution in [0.2, 0.25) is 0 Å². The predicted molar refractivity (Wildman–Crippen MR) is 68.7 cm³/mol. The summed E-state index contributed by atoms with van der Waals surface area (Å²) in [5.41, 5.74) is 0. The molecule has 1 fully saturated rings. The first-order valence-electron chi connectivity index (χ1n) is 6.31. The molecule has 1 atom stereocenters. The van der Waals surface area contributed by atoms with Crippen LogP contribution < -0.4 is 5.32 Å². The maximum atomic E-state index is 5.28. The second-order valence-corrected chi connectivity index (χ2v) is 4.70. The molecule has 0 spiro atoms. The number of hydrogen-bond acceptors (Lipinski definition) is 3. The van der Waals surface area contributed by atoms with E-state index in [1.165, 1.54) is 19.3 Å². The number of rotatable bonds is 10. The average molecular weight is 226 g/mol. The zero-order valence-corrected chi connectivity index (χ0v) is 10.7. The highest BCUT2D eigenvalue weighted by Gasteiger charge is 2.23. The Bertz CT molecular complexity index is 192. The molecule has 0 aromatic heterocycles. The van der Waals surface area contributed by atoms with Crippen molar-refractivity contribution in [3.63, 3.8) is 0 Å². The second kappa shape index (κ2) is 7.82. The van der Waals surface area contributed by atoms with Crippen LogP contribution >= 0.6 is 0 Å². The minimum atomic E-state index is 0.496. The molecular weight excluding hydrogens is 200 g/mol. The van der Waals surface area contributed by atoms with Gasteiger partial charge >= 0.3 is 0 Å². The summed E-state index contributed by atoms with van der Waals surface area (Å²) >= 11 is 0. The van der Waals surface area contributed by atoms with Crippen LogP contribution in [0.4, 0.5) is 0 Å². The van der Waals surface area contributed by atoms with Gasteiger partial charge in [-0.1, -0.05) is 6.08 Å². The van der Waals surface area contributed by atoms with Gasteiger partial charge < -0.3 is 10.1 Å². The van der Waals surface area contributed by atoms with Gasteiger partial charge in [-0.3, -0.25) is 4.90 Å². The zero-order valence-electron chi connectivity index (χ0n) is 10.7. The van der Waals surface area contributed by atoms with Gasteiger partial charge in [0.2, 0.25) is 0 Å². The van der Waals surface area contributed by atoms with Gasteiger partial charge in [-0.05, 0) is 39.3 Å². The van der Waals surface area contributed by atoms with Crippen LogP contribution in [0.5, 0.6) is 0 Å². The van der Waals surface area contributed by atoms with Crippen molar-refractivity contribution < 1.29 is 4.74 Å². The molecule has 1 unspecified atom stereocenters. The Morgan fingerprint density at radius 3 is 2.88 bits per heavy atom. The largest absolute Gasteiger partial charge is 0.383 e. The van der Waals surface area contributed by atoms with E-state index < -0.39 is 0 Å². The molecule has 3 heteroatoms. The molecule has 1 aliphatic carbocycles. The fourth-order valence-corrected chi connectivity index (χ4v) is 1.79. The number of ether oxygens (including phenoxy) is 1. The van der Waals surface area contributed by atoms with Crippen molar-refractivity contribution in [2.24, 2.45) is 0 Å². The first-order chi connectivity index (χ1) is 7.77. The predicted octanol–water partition coefficient (Wildman–Crippen LogP) is 1.65. The molecule has 16 heavy (non-hydrogen) atoms. The molecule has 3 nitrogen and oxygen atoms in total. The van der Waals surface area contributed by atoms with E-state index in [4.69, 9.17) is 4.74 Å². The fourth-order valence-electron chi connectivity index (χ4n) is 1.79. The first kappa shape index (κ1) is 13.7. The molecular formula is C13H26N2O. The fraction of sp³-hybridized carbons (Fsp3) is 0.846. The van der Waals surface area contributed by atoms with E-state index in [2.05, 4.69) is 23.8 Å². The lowest BCUT2D eigenvalue weighted by atomic mass is 10.2. The van der Waals surface area contributed by atoms with Crippen molar-refractivity contribution in [1.29, 1.82) is 0 Å². The summed E-state index contributed by atoms with van der Waals surface area (Å²) in [6.07, 6.45) is 6.96. The molecule has 1 saturated carbocycles. The Labute approximate surface area is 99.8 Å². The number of allylic oxidation sites excluding steroid dienone is 1. The van der Waals surface area contributed by atoms with Crippen LogP contribution in [0.15, 0.2) is 12.7 Å². The van der Waals surface area contributed by atoms with E-state index in [1.807, 2.05) is 6.08 Å². The number of nitrogens with one attached hydrogen (secondary N) is 1. The van der Waals surface area contributed by atoms with Crippen LogP contribution in [0.25, 0.3) is 0 Å². The van der Waals surface area contributed by atoms with Crippen LogP contribution in [0.1, 0.15) is 25.7 Å². The number of likely N-dealkylation sites (N-methyl/N-ethyl adjacent to an activating group) is 1. The van der Waals surface area contributed by atoms with Crippen LogP contribution in [0.3, 0.4) is 0 Å². The van der Waals surface area contributed by atoms with Gasteiger partial charge in [-0.15, -0.1) is 6.58 Å². The van der Waals surface area contributed by atoms with Gasteiger partial charge in [0.05, 0.1) is 6.61 Å². The van der Waals surface area contributed by atoms with E-state index >= 15 is 0 Å². The third-order valence-electron chi connectivity index (χ3n) is 3.12. The molecule has 1 aliphatic rings. The zero-order chi connectivity index (χ0) is 11.8. The van der Waals surface area contributed by atoms with Crippen molar-refractivity contribution in [3.05, 3.63) is 12.7 Å². The summed E-state index contributed by atoms with van der Waals surface area (Å²) < 4.78 is 5.28. The van der Waals surface area contributed by atoms with Crippen molar-refractivity contribution in [1.82, 2.24) is 10.2 Å². The van der Waals surface area contributed by atoms with Crippen LogP contribution in [-0.2, 0) is 4.74 Å². The molecule has 0 heterocycles.